The average molecular weight is 918 g/mol. The number of imidazole rings is 1. The van der Waals surface area contributed by atoms with Crippen molar-refractivity contribution in [3.63, 3.8) is 0 Å². The molecule has 1 unspecified atom stereocenters. The van der Waals surface area contributed by atoms with Gasteiger partial charge >= 0.3 is 5.69 Å². The van der Waals surface area contributed by atoms with E-state index in [1.807, 2.05) is 78.9 Å². The predicted molar refractivity (Wildman–Crippen MR) is 248 cm³/mol. The Balaban J connectivity index is 0.845. The van der Waals surface area contributed by atoms with Crippen molar-refractivity contribution in [1.29, 1.82) is 0 Å². The lowest BCUT2D eigenvalue weighted by molar-refractivity contribution is -0.145. The van der Waals surface area contributed by atoms with E-state index in [9.17, 15) is 38.4 Å². The minimum absolute atomic E-state index is 0.00323. The fourth-order valence-electron chi connectivity index (χ4n) is 10.0. The first kappa shape index (κ1) is 46.7. The van der Waals surface area contributed by atoms with Gasteiger partial charge in [-0.2, -0.15) is 0 Å². The molecular formula is C48H59N11O8. The molecule has 4 aliphatic heterocycles. The molecule has 7 N–H and O–H groups in total. The molecule has 354 valence electrons. The Bertz CT molecular complexity index is 2530. The van der Waals surface area contributed by atoms with Crippen molar-refractivity contribution in [2.45, 2.75) is 87.6 Å². The van der Waals surface area contributed by atoms with E-state index in [2.05, 4.69) is 25.8 Å². The lowest BCUT2D eigenvalue weighted by atomic mass is 9.98. The second-order valence-electron chi connectivity index (χ2n) is 18.0. The second kappa shape index (κ2) is 20.3. The molecule has 8 rings (SSSR count). The molecule has 0 spiro atoms. The number of nitrogens with two attached hydrogens (primary N) is 2. The first-order valence-corrected chi connectivity index (χ1v) is 23.1. The maximum absolute atomic E-state index is 14.0. The van der Waals surface area contributed by atoms with Crippen LogP contribution in [0.1, 0.15) is 74.6 Å². The van der Waals surface area contributed by atoms with Crippen LogP contribution in [0.25, 0.3) is 11.0 Å². The Morgan fingerprint density at radius 2 is 1.48 bits per heavy atom. The molecular weight excluding hydrogens is 859 g/mol. The molecule has 5 heterocycles. The molecule has 19 heteroatoms. The molecule has 7 amide bonds. The number of carbonyl (C=O) groups excluding carboxylic acids is 7. The van der Waals surface area contributed by atoms with Gasteiger partial charge in [-0.25, -0.2) is 4.79 Å². The lowest BCUT2D eigenvalue weighted by Crippen LogP contribution is -2.60. The van der Waals surface area contributed by atoms with Gasteiger partial charge in [-0.15, -0.1) is 0 Å². The van der Waals surface area contributed by atoms with Gasteiger partial charge in [0.15, 0.2) is 0 Å². The number of hydrogen-bond donors (Lipinski definition) is 5. The molecule has 4 aliphatic rings. The molecule has 0 bridgehead atoms. The quantitative estimate of drug-likeness (QED) is 0.108. The van der Waals surface area contributed by atoms with E-state index in [1.54, 1.807) is 11.9 Å². The van der Waals surface area contributed by atoms with Crippen LogP contribution in [0.15, 0.2) is 83.7 Å². The zero-order valence-electron chi connectivity index (χ0n) is 37.7. The molecule has 5 atom stereocenters. The molecule has 3 aromatic carbocycles. The van der Waals surface area contributed by atoms with Crippen LogP contribution in [0.4, 0.5) is 5.69 Å². The zero-order chi connectivity index (χ0) is 47.4. The van der Waals surface area contributed by atoms with Crippen molar-refractivity contribution in [2.24, 2.45) is 18.5 Å². The maximum Gasteiger partial charge on any atom is 0.329 e. The van der Waals surface area contributed by atoms with Gasteiger partial charge in [0.1, 0.15) is 24.2 Å². The van der Waals surface area contributed by atoms with Crippen molar-refractivity contribution < 1.29 is 33.6 Å². The summed E-state index contributed by atoms with van der Waals surface area (Å²) in [6.07, 6.45) is 1.81. The highest BCUT2D eigenvalue weighted by atomic mass is 16.2. The van der Waals surface area contributed by atoms with Gasteiger partial charge in [0, 0.05) is 83.9 Å². The van der Waals surface area contributed by atoms with E-state index in [-0.39, 0.29) is 62.2 Å². The van der Waals surface area contributed by atoms with Crippen LogP contribution in [-0.4, -0.2) is 135 Å². The Kier molecular flexibility index (Phi) is 14.2. The number of nitrogens with zero attached hydrogens (tertiary/aromatic N) is 6. The third-order valence-corrected chi connectivity index (χ3v) is 13.7. The zero-order valence-corrected chi connectivity index (χ0v) is 37.7. The Morgan fingerprint density at radius 1 is 0.791 bits per heavy atom. The summed E-state index contributed by atoms with van der Waals surface area (Å²) in [5, 5.41) is 8.24. The summed E-state index contributed by atoms with van der Waals surface area (Å²) in [5.41, 5.74) is 15.6. The summed E-state index contributed by atoms with van der Waals surface area (Å²) in [6, 6.07) is 19.9. The monoisotopic (exact) mass is 917 g/mol. The number of primary amides is 1. The van der Waals surface area contributed by atoms with Crippen LogP contribution in [-0.2, 0) is 40.6 Å². The number of anilines is 1. The van der Waals surface area contributed by atoms with Gasteiger partial charge in [0.25, 0.3) is 0 Å². The summed E-state index contributed by atoms with van der Waals surface area (Å²) in [7, 11) is 1.67. The van der Waals surface area contributed by atoms with Crippen LogP contribution in [0.5, 0.6) is 0 Å². The first-order valence-electron chi connectivity index (χ1n) is 23.1. The van der Waals surface area contributed by atoms with Gasteiger partial charge in [-0.1, -0.05) is 60.7 Å². The molecule has 0 saturated carbocycles. The average Bonchev–Trinajstić information content (AvgIpc) is 3.86. The lowest BCUT2D eigenvalue weighted by Gasteiger charge is -2.38. The second-order valence-corrected chi connectivity index (χ2v) is 18.0. The summed E-state index contributed by atoms with van der Waals surface area (Å²) in [6.45, 7) is 3.67. The number of amides is 7. The number of carbonyl (C=O) groups is 7. The number of rotatable bonds is 14. The Hall–Kier alpha value is -6.86. The van der Waals surface area contributed by atoms with Gasteiger partial charge in [0.05, 0.1) is 17.1 Å². The summed E-state index contributed by atoms with van der Waals surface area (Å²) in [5.74, 6) is -3.00. The van der Waals surface area contributed by atoms with Crippen LogP contribution < -0.4 is 38.0 Å². The van der Waals surface area contributed by atoms with Crippen LogP contribution in [0.3, 0.4) is 0 Å². The largest absolute Gasteiger partial charge is 0.370 e. The number of benzene rings is 3. The predicted octanol–water partition coefficient (Wildman–Crippen LogP) is 0.405. The first-order chi connectivity index (χ1) is 32.3. The van der Waals surface area contributed by atoms with E-state index in [1.165, 1.54) is 14.0 Å². The highest BCUT2D eigenvalue weighted by Gasteiger charge is 2.45. The molecule has 0 aliphatic carbocycles. The number of aromatic nitrogens is 2. The number of imide groups is 1. The van der Waals surface area contributed by atoms with Crippen LogP contribution in [0, 0.1) is 0 Å². The Morgan fingerprint density at radius 3 is 2.13 bits per heavy atom. The standard InChI is InChI=1S/C48H59N11O8/c1-54-39-28-33(13-15-36(39)59(48(54)67)38-17-19-41(61)52-46(38)65)56-26-24-55(25-27-56)22-21-42(62)57-23-20-32-12-16-37(58(32)47(66)34(49)29-57)45(64)51-35(14-18-40(50)60)44(63)53-43(30-8-4-2-5-9-30)31-10-6-3-7-11-31/h2-11,13,15,28,32,34-35,37-38,43H,12,14,16-27,29,49H2,1H3,(H2,50,60)(H,51,64)(H,53,63)(H,52,61,65)/t32-,34+,35+,37+,38?/m1/s1. The van der Waals surface area contributed by atoms with Crippen LogP contribution in [0.2, 0.25) is 0 Å². The topological polar surface area (TPSA) is 248 Å². The highest BCUT2D eigenvalue weighted by Crippen LogP contribution is 2.31. The van der Waals surface area contributed by atoms with E-state index < -0.39 is 59.7 Å². The van der Waals surface area contributed by atoms with E-state index in [4.69, 9.17) is 11.5 Å². The Labute approximate surface area is 387 Å². The normalized spacial score (nSPS) is 22.0. The molecule has 19 nitrogen and oxygen atoms in total. The van der Waals surface area contributed by atoms with Crippen molar-refractivity contribution >= 4 is 58.1 Å². The third-order valence-electron chi connectivity index (χ3n) is 13.7. The molecule has 67 heavy (non-hydrogen) atoms. The fraction of sp³-hybridized carbons (Fsp3) is 0.458. The van der Waals surface area contributed by atoms with E-state index in [0.717, 1.165) is 16.8 Å². The smallest absolute Gasteiger partial charge is 0.329 e. The SMILES string of the molecule is Cn1c(=O)n(C2CCC(=O)NC2=O)c2ccc(N3CCN(CCC(=O)N4CC[C@H]5CC[C@@H](C(=O)N[C@@H](CCC(N)=O)C(=O)NC(c6ccccc6)c6ccccc6)N5C(=O)[C@@H](N)C4)CC3)cc21. The van der Waals surface area contributed by atoms with Crippen molar-refractivity contribution in [3.8, 4) is 0 Å². The van der Waals surface area contributed by atoms with Crippen molar-refractivity contribution in [3.05, 3.63) is 100 Å². The number of aryl methyl sites for hydroxylation is 1. The molecule has 4 aromatic rings. The van der Waals surface area contributed by atoms with Gasteiger partial charge in [-0.3, -0.25) is 52.9 Å². The number of nitrogens with one attached hydrogen (secondary N) is 3. The number of fused-ring (bicyclic) bond motifs is 2. The molecule has 1 aromatic heterocycles. The van der Waals surface area contributed by atoms with Gasteiger partial charge < -0.3 is 36.8 Å². The van der Waals surface area contributed by atoms with Gasteiger partial charge in [-0.05, 0) is 61.4 Å². The minimum Gasteiger partial charge on any atom is -0.370 e. The van der Waals surface area contributed by atoms with Crippen LogP contribution >= 0.6 is 0 Å². The molecule has 4 saturated heterocycles. The summed E-state index contributed by atoms with van der Waals surface area (Å²) >= 11 is 0. The number of hydrogen-bond acceptors (Lipinski definition) is 11. The highest BCUT2D eigenvalue weighted by molar-refractivity contribution is 6.00. The summed E-state index contributed by atoms with van der Waals surface area (Å²) in [4.78, 5) is 113. The molecule has 0 radical (unpaired) electrons. The fourth-order valence-corrected chi connectivity index (χ4v) is 10.0. The minimum atomic E-state index is -1.11. The van der Waals surface area contributed by atoms with E-state index >= 15 is 0 Å². The van der Waals surface area contributed by atoms with Gasteiger partial charge in [0.2, 0.25) is 41.4 Å². The maximum atomic E-state index is 14.0. The van der Waals surface area contributed by atoms with Crippen molar-refractivity contribution in [1.82, 2.24) is 39.8 Å². The third kappa shape index (κ3) is 10.3. The number of piperazine rings is 1. The van der Waals surface area contributed by atoms with Crippen molar-refractivity contribution in [2.75, 3.05) is 50.7 Å². The number of piperidine rings is 1. The summed E-state index contributed by atoms with van der Waals surface area (Å²) < 4.78 is 2.99. The van der Waals surface area contributed by atoms with E-state index in [0.29, 0.717) is 69.6 Å². The molecule has 4 fully saturated rings.